The molecule has 7 nitrogen and oxygen atoms in total. The molecule has 2 aromatic carbocycles. The molecule has 2 saturated carbocycles. The Bertz CT molecular complexity index is 1230. The van der Waals surface area contributed by atoms with E-state index < -0.39 is 6.04 Å². The largest absolute Gasteiger partial charge is 0.489 e. The molecule has 7 heteroatoms. The summed E-state index contributed by atoms with van der Waals surface area (Å²) in [5, 5.41) is 6.32. The predicted molar refractivity (Wildman–Crippen MR) is 160 cm³/mol. The van der Waals surface area contributed by atoms with E-state index in [4.69, 9.17) is 4.74 Å². The van der Waals surface area contributed by atoms with Gasteiger partial charge in [0.15, 0.2) is 6.29 Å². The van der Waals surface area contributed by atoms with Crippen LogP contribution in [0.3, 0.4) is 0 Å². The molecule has 41 heavy (non-hydrogen) atoms. The zero-order valence-electron chi connectivity index (χ0n) is 24.8. The van der Waals surface area contributed by atoms with E-state index in [-0.39, 0.29) is 17.4 Å². The molecule has 3 unspecified atom stereocenters. The van der Waals surface area contributed by atoms with Crippen LogP contribution < -0.4 is 15.4 Å². The Kier molecular flexibility index (Phi) is 9.25. The van der Waals surface area contributed by atoms with Crippen LogP contribution in [0.25, 0.3) is 0 Å². The fourth-order valence-electron chi connectivity index (χ4n) is 7.67. The Balaban J connectivity index is 1.14. The molecule has 0 aromatic heterocycles. The number of hydrogen-bond donors (Lipinski definition) is 2. The van der Waals surface area contributed by atoms with Gasteiger partial charge in [-0.15, -0.1) is 0 Å². The molecule has 2 aliphatic carbocycles. The van der Waals surface area contributed by atoms with Crippen molar-refractivity contribution in [3.63, 3.8) is 0 Å². The lowest BCUT2D eigenvalue weighted by Crippen LogP contribution is -2.51. The van der Waals surface area contributed by atoms with Gasteiger partial charge in [-0.3, -0.25) is 24.6 Å². The van der Waals surface area contributed by atoms with Gasteiger partial charge in [-0.25, -0.2) is 0 Å². The summed E-state index contributed by atoms with van der Waals surface area (Å²) in [6.07, 6.45) is 9.44. The van der Waals surface area contributed by atoms with Gasteiger partial charge in [0.2, 0.25) is 11.8 Å². The number of ether oxygens (including phenoxy) is 1. The number of carbonyl (C=O) groups is 3. The normalized spacial score (nSPS) is 27.9. The minimum Gasteiger partial charge on any atom is -0.489 e. The number of hydrogen-bond acceptors (Lipinski definition) is 6. The number of benzene rings is 2. The van der Waals surface area contributed by atoms with Crippen molar-refractivity contribution in [3.8, 4) is 5.75 Å². The SMILES string of the molecule is CC1CC2CC(C1)CC(C)(NCCc1ccc(COc3cccc(C=O)c3CN(C)C3CCC(=O)NC3=O)cc1)C2. The van der Waals surface area contributed by atoms with Crippen LogP contribution in [0.1, 0.15) is 85.8 Å². The van der Waals surface area contributed by atoms with Crippen molar-refractivity contribution in [2.24, 2.45) is 17.8 Å². The van der Waals surface area contributed by atoms with Gasteiger partial charge in [0.05, 0.1) is 6.04 Å². The van der Waals surface area contributed by atoms with Crippen molar-refractivity contribution in [1.29, 1.82) is 0 Å². The average Bonchev–Trinajstić information content (AvgIpc) is 2.92. The van der Waals surface area contributed by atoms with Gasteiger partial charge in [0.1, 0.15) is 12.4 Å². The number of nitrogens with one attached hydrogen (secondary N) is 2. The Hall–Kier alpha value is -3.03. The highest BCUT2D eigenvalue weighted by Crippen LogP contribution is 2.46. The van der Waals surface area contributed by atoms with Gasteiger partial charge in [-0.1, -0.05) is 43.3 Å². The first-order valence-corrected chi connectivity index (χ1v) is 15.3. The maximum atomic E-state index is 12.3. The topological polar surface area (TPSA) is 87.7 Å². The minimum absolute atomic E-state index is 0.241. The van der Waals surface area contributed by atoms with E-state index in [0.717, 1.165) is 48.1 Å². The second kappa shape index (κ2) is 12.9. The summed E-state index contributed by atoms with van der Waals surface area (Å²) < 4.78 is 6.20. The molecule has 0 radical (unpaired) electrons. The second-order valence-corrected chi connectivity index (χ2v) is 13.1. The maximum Gasteiger partial charge on any atom is 0.243 e. The zero-order chi connectivity index (χ0) is 29.0. The van der Waals surface area contributed by atoms with Crippen LogP contribution in [0, 0.1) is 17.8 Å². The third kappa shape index (κ3) is 7.44. The predicted octanol–water partition coefficient (Wildman–Crippen LogP) is 5.05. The van der Waals surface area contributed by atoms with Gasteiger partial charge < -0.3 is 10.1 Å². The molecule has 0 spiro atoms. The number of fused-ring (bicyclic) bond motifs is 2. The molecule has 5 rings (SSSR count). The lowest BCUT2D eigenvalue weighted by molar-refractivity contribution is -0.137. The molecule has 3 fully saturated rings. The molecule has 3 aliphatic rings. The quantitative estimate of drug-likeness (QED) is 0.296. The van der Waals surface area contributed by atoms with E-state index in [1.165, 1.54) is 37.7 Å². The number of rotatable bonds is 11. The summed E-state index contributed by atoms with van der Waals surface area (Å²) in [5.74, 6) is 2.76. The van der Waals surface area contributed by atoms with Crippen molar-refractivity contribution >= 4 is 18.1 Å². The van der Waals surface area contributed by atoms with E-state index in [1.807, 2.05) is 24.1 Å². The standard InChI is InChI=1S/C34H45N3O4/c1-23-15-26-17-27(16-23)19-34(2,18-26)35-14-13-24-7-9-25(10-8-24)22-41-31-6-4-5-28(21-38)29(31)20-37(3)30-11-12-32(39)36-33(30)40/h4-10,21,23,26-27,30,35H,11-20,22H2,1-3H3,(H,36,39,40). The third-order valence-corrected chi connectivity index (χ3v) is 9.45. The first-order chi connectivity index (χ1) is 19.7. The highest BCUT2D eigenvalue weighted by Gasteiger charge is 2.40. The summed E-state index contributed by atoms with van der Waals surface area (Å²) in [4.78, 5) is 37.6. The molecule has 1 heterocycles. The van der Waals surface area contributed by atoms with Crippen molar-refractivity contribution in [3.05, 3.63) is 64.7 Å². The van der Waals surface area contributed by atoms with Gasteiger partial charge in [0.25, 0.3) is 0 Å². The molecule has 2 amide bonds. The van der Waals surface area contributed by atoms with Gasteiger partial charge in [-0.2, -0.15) is 0 Å². The highest BCUT2D eigenvalue weighted by atomic mass is 16.5. The van der Waals surface area contributed by atoms with Crippen molar-refractivity contribution in [2.45, 2.75) is 89.9 Å². The van der Waals surface area contributed by atoms with E-state index in [2.05, 4.69) is 48.7 Å². The smallest absolute Gasteiger partial charge is 0.243 e. The second-order valence-electron chi connectivity index (χ2n) is 13.1. The maximum absolute atomic E-state index is 12.3. The van der Waals surface area contributed by atoms with E-state index in [9.17, 15) is 14.4 Å². The molecule has 2 aromatic rings. The average molecular weight is 560 g/mol. The highest BCUT2D eigenvalue weighted by molar-refractivity contribution is 6.00. The summed E-state index contributed by atoms with van der Waals surface area (Å²) >= 11 is 0. The summed E-state index contributed by atoms with van der Waals surface area (Å²) in [7, 11) is 1.83. The summed E-state index contributed by atoms with van der Waals surface area (Å²) in [6.45, 7) is 6.59. The van der Waals surface area contributed by atoms with Crippen LogP contribution in [-0.2, 0) is 29.2 Å². The molecular weight excluding hydrogens is 514 g/mol. The summed E-state index contributed by atoms with van der Waals surface area (Å²) in [6, 6.07) is 13.6. The molecule has 2 bridgehead atoms. The fourth-order valence-corrected chi connectivity index (χ4v) is 7.67. The van der Waals surface area contributed by atoms with Crippen LogP contribution in [0.15, 0.2) is 42.5 Å². The van der Waals surface area contributed by atoms with Crippen molar-refractivity contribution < 1.29 is 19.1 Å². The number of aldehydes is 1. The van der Waals surface area contributed by atoms with Crippen LogP contribution >= 0.6 is 0 Å². The van der Waals surface area contributed by atoms with Gasteiger partial charge in [-0.05, 0) is 100 Å². The Labute approximate surface area is 244 Å². The lowest BCUT2D eigenvalue weighted by atomic mass is 9.62. The monoisotopic (exact) mass is 559 g/mol. The number of amides is 2. The number of imide groups is 1. The first-order valence-electron chi connectivity index (χ1n) is 15.3. The van der Waals surface area contributed by atoms with Crippen molar-refractivity contribution in [2.75, 3.05) is 13.6 Å². The molecule has 1 saturated heterocycles. The Morgan fingerprint density at radius 1 is 1.05 bits per heavy atom. The summed E-state index contributed by atoms with van der Waals surface area (Å²) in [5.41, 5.74) is 3.91. The van der Waals surface area contributed by atoms with E-state index in [0.29, 0.717) is 37.3 Å². The van der Waals surface area contributed by atoms with Crippen LogP contribution in [0.4, 0.5) is 0 Å². The lowest BCUT2D eigenvalue weighted by Gasteiger charge is -2.47. The van der Waals surface area contributed by atoms with Crippen LogP contribution in [0.5, 0.6) is 5.75 Å². The van der Waals surface area contributed by atoms with E-state index >= 15 is 0 Å². The molecule has 1 aliphatic heterocycles. The van der Waals surface area contributed by atoms with Crippen molar-refractivity contribution in [1.82, 2.24) is 15.5 Å². The molecule has 220 valence electrons. The van der Waals surface area contributed by atoms with Crippen LogP contribution in [0.2, 0.25) is 0 Å². The van der Waals surface area contributed by atoms with Gasteiger partial charge >= 0.3 is 0 Å². The van der Waals surface area contributed by atoms with Gasteiger partial charge in [0, 0.05) is 29.6 Å². The molecule has 2 N–H and O–H groups in total. The first kappa shape index (κ1) is 29.5. The number of carbonyl (C=O) groups excluding carboxylic acids is 3. The minimum atomic E-state index is -0.425. The Morgan fingerprint density at radius 2 is 1.76 bits per heavy atom. The third-order valence-electron chi connectivity index (χ3n) is 9.45. The molecular formula is C34H45N3O4. The number of piperidine rings is 1. The van der Waals surface area contributed by atoms with Crippen LogP contribution in [-0.4, -0.2) is 48.2 Å². The Morgan fingerprint density at radius 3 is 2.44 bits per heavy atom. The number of nitrogens with zero attached hydrogens (tertiary/aromatic N) is 1. The number of likely N-dealkylation sites (N-methyl/N-ethyl adjacent to an activating group) is 1. The fraction of sp³-hybridized carbons (Fsp3) is 0.559. The molecule has 3 atom stereocenters. The zero-order valence-corrected chi connectivity index (χ0v) is 24.8. The van der Waals surface area contributed by atoms with E-state index in [1.54, 1.807) is 6.07 Å².